The summed E-state index contributed by atoms with van der Waals surface area (Å²) in [6.45, 7) is 13.0. The number of esters is 2. The third-order valence-electron chi connectivity index (χ3n) is 2.50. The van der Waals surface area contributed by atoms with E-state index in [-0.39, 0.29) is 43.9 Å². The lowest BCUT2D eigenvalue weighted by atomic mass is 10.3. The first-order chi connectivity index (χ1) is 10.4. The Bertz CT molecular complexity index is 366. The molecule has 22 heavy (non-hydrogen) atoms. The van der Waals surface area contributed by atoms with Crippen LogP contribution in [-0.4, -0.2) is 50.1 Å². The summed E-state index contributed by atoms with van der Waals surface area (Å²) in [5, 5.41) is 0. The maximum Gasteiger partial charge on any atom is 0.330 e. The molecule has 0 aromatic heterocycles. The second-order valence-corrected chi connectivity index (χ2v) is 4.92. The van der Waals surface area contributed by atoms with Gasteiger partial charge < -0.3 is 18.9 Å². The summed E-state index contributed by atoms with van der Waals surface area (Å²) < 4.78 is 21.0. The van der Waals surface area contributed by atoms with Gasteiger partial charge in [0.2, 0.25) is 0 Å². The standard InChI is InChI=1S/C16H26O6/c1-6-8-16(18)21-10-13(4)19-9-12(3)20-11-14(5)22-15(17)7-2/h6-7,12-14H,1-2,8-11H2,3-5H3. The molecule has 6 heteroatoms. The molecule has 0 heterocycles. The Morgan fingerprint density at radius 3 is 2.05 bits per heavy atom. The predicted octanol–water partition coefficient (Wildman–Crippen LogP) is 2.03. The Morgan fingerprint density at radius 1 is 0.955 bits per heavy atom. The van der Waals surface area contributed by atoms with Gasteiger partial charge in [-0.1, -0.05) is 12.7 Å². The summed E-state index contributed by atoms with van der Waals surface area (Å²) in [6, 6.07) is 0. The van der Waals surface area contributed by atoms with Crippen molar-refractivity contribution >= 4 is 11.9 Å². The SMILES string of the molecule is C=CCC(=O)OCC(C)OCC(C)OCC(C)OC(=O)C=C. The minimum atomic E-state index is -0.477. The van der Waals surface area contributed by atoms with E-state index in [0.717, 1.165) is 6.08 Å². The molecule has 0 amide bonds. The highest BCUT2D eigenvalue weighted by Gasteiger charge is 2.12. The predicted molar refractivity (Wildman–Crippen MR) is 82.4 cm³/mol. The minimum Gasteiger partial charge on any atom is -0.463 e. The molecule has 0 aliphatic heterocycles. The summed E-state index contributed by atoms with van der Waals surface area (Å²) in [5.41, 5.74) is 0. The highest BCUT2D eigenvalue weighted by atomic mass is 16.6. The highest BCUT2D eigenvalue weighted by Crippen LogP contribution is 2.01. The molecule has 0 fully saturated rings. The van der Waals surface area contributed by atoms with E-state index >= 15 is 0 Å². The zero-order chi connectivity index (χ0) is 17.0. The fourth-order valence-electron chi connectivity index (χ4n) is 1.36. The molecule has 126 valence electrons. The Balaban J connectivity index is 3.77. The number of hydrogen-bond acceptors (Lipinski definition) is 6. The van der Waals surface area contributed by atoms with Crippen molar-refractivity contribution in [2.75, 3.05) is 19.8 Å². The van der Waals surface area contributed by atoms with E-state index in [2.05, 4.69) is 13.2 Å². The van der Waals surface area contributed by atoms with Crippen LogP contribution in [0.15, 0.2) is 25.3 Å². The zero-order valence-electron chi connectivity index (χ0n) is 13.6. The van der Waals surface area contributed by atoms with E-state index in [0.29, 0.717) is 6.61 Å². The van der Waals surface area contributed by atoms with Crippen LogP contribution in [0, 0.1) is 0 Å². The van der Waals surface area contributed by atoms with Gasteiger partial charge in [0.05, 0.1) is 31.8 Å². The second-order valence-electron chi connectivity index (χ2n) is 4.92. The van der Waals surface area contributed by atoms with Gasteiger partial charge in [-0.2, -0.15) is 0 Å². The van der Waals surface area contributed by atoms with E-state index in [1.165, 1.54) is 6.08 Å². The Hall–Kier alpha value is -1.66. The van der Waals surface area contributed by atoms with Gasteiger partial charge in [-0.15, -0.1) is 6.58 Å². The Morgan fingerprint density at radius 2 is 1.50 bits per heavy atom. The van der Waals surface area contributed by atoms with E-state index in [1.807, 2.05) is 13.8 Å². The Kier molecular flexibility index (Phi) is 11.0. The molecule has 0 saturated carbocycles. The van der Waals surface area contributed by atoms with Crippen molar-refractivity contribution in [2.24, 2.45) is 0 Å². The van der Waals surface area contributed by atoms with Gasteiger partial charge >= 0.3 is 11.9 Å². The number of ether oxygens (including phenoxy) is 4. The van der Waals surface area contributed by atoms with Crippen LogP contribution in [-0.2, 0) is 28.5 Å². The fourth-order valence-corrected chi connectivity index (χ4v) is 1.36. The van der Waals surface area contributed by atoms with E-state index in [9.17, 15) is 9.59 Å². The molecular formula is C16H26O6. The van der Waals surface area contributed by atoms with Crippen LogP contribution in [0.3, 0.4) is 0 Å². The zero-order valence-corrected chi connectivity index (χ0v) is 13.6. The average molecular weight is 314 g/mol. The maximum atomic E-state index is 11.2. The molecule has 3 unspecified atom stereocenters. The monoisotopic (exact) mass is 314 g/mol. The summed E-state index contributed by atoms with van der Waals surface area (Å²) in [7, 11) is 0. The van der Waals surface area contributed by atoms with Crippen LogP contribution in [0.5, 0.6) is 0 Å². The lowest BCUT2D eigenvalue weighted by Crippen LogP contribution is -2.27. The summed E-state index contributed by atoms with van der Waals surface area (Å²) in [4.78, 5) is 22.1. The van der Waals surface area contributed by atoms with Gasteiger partial charge in [0.1, 0.15) is 12.7 Å². The molecule has 0 bridgehead atoms. The quantitative estimate of drug-likeness (QED) is 0.312. The molecule has 0 aromatic carbocycles. The van der Waals surface area contributed by atoms with Crippen molar-refractivity contribution in [3.05, 3.63) is 25.3 Å². The molecule has 6 nitrogen and oxygen atoms in total. The van der Waals surface area contributed by atoms with Gasteiger partial charge in [0.25, 0.3) is 0 Å². The first kappa shape index (κ1) is 20.3. The van der Waals surface area contributed by atoms with E-state index in [4.69, 9.17) is 18.9 Å². The normalized spacial score (nSPS) is 14.5. The van der Waals surface area contributed by atoms with Crippen molar-refractivity contribution in [2.45, 2.75) is 45.5 Å². The molecule has 0 N–H and O–H groups in total. The third-order valence-corrected chi connectivity index (χ3v) is 2.50. The van der Waals surface area contributed by atoms with Crippen LogP contribution in [0.4, 0.5) is 0 Å². The molecular weight excluding hydrogens is 288 g/mol. The average Bonchev–Trinajstić information content (AvgIpc) is 2.48. The lowest BCUT2D eigenvalue weighted by molar-refractivity contribution is -0.150. The lowest BCUT2D eigenvalue weighted by Gasteiger charge is -2.19. The van der Waals surface area contributed by atoms with Gasteiger partial charge in [0.15, 0.2) is 0 Å². The van der Waals surface area contributed by atoms with Crippen molar-refractivity contribution in [1.29, 1.82) is 0 Å². The van der Waals surface area contributed by atoms with Gasteiger partial charge in [0, 0.05) is 6.08 Å². The minimum absolute atomic E-state index is 0.170. The summed E-state index contributed by atoms with van der Waals surface area (Å²) >= 11 is 0. The third kappa shape index (κ3) is 11.0. The van der Waals surface area contributed by atoms with Crippen molar-refractivity contribution in [3.8, 4) is 0 Å². The van der Waals surface area contributed by atoms with Gasteiger partial charge in [-0.3, -0.25) is 4.79 Å². The van der Waals surface area contributed by atoms with Gasteiger partial charge in [-0.25, -0.2) is 4.79 Å². The second kappa shape index (κ2) is 11.9. The molecule has 0 rings (SSSR count). The van der Waals surface area contributed by atoms with Crippen LogP contribution < -0.4 is 0 Å². The molecule has 0 saturated heterocycles. The molecule has 3 atom stereocenters. The smallest absolute Gasteiger partial charge is 0.330 e. The topological polar surface area (TPSA) is 71.1 Å². The summed E-state index contributed by atoms with van der Waals surface area (Å²) in [6.07, 6.45) is 2.04. The van der Waals surface area contributed by atoms with Crippen LogP contribution in [0.2, 0.25) is 0 Å². The number of hydrogen-bond donors (Lipinski definition) is 0. The molecule has 0 radical (unpaired) electrons. The van der Waals surface area contributed by atoms with Crippen LogP contribution in [0.1, 0.15) is 27.2 Å². The number of carbonyl (C=O) groups excluding carboxylic acids is 2. The van der Waals surface area contributed by atoms with Crippen molar-refractivity contribution in [3.63, 3.8) is 0 Å². The van der Waals surface area contributed by atoms with Gasteiger partial charge in [-0.05, 0) is 20.8 Å². The number of rotatable bonds is 12. The molecule has 0 spiro atoms. The first-order valence-corrected chi connectivity index (χ1v) is 7.21. The van der Waals surface area contributed by atoms with Crippen molar-refractivity contribution < 1.29 is 28.5 Å². The maximum absolute atomic E-state index is 11.2. The molecule has 0 aromatic rings. The van der Waals surface area contributed by atoms with E-state index < -0.39 is 5.97 Å². The Labute approximate surface area is 132 Å². The number of carbonyl (C=O) groups is 2. The van der Waals surface area contributed by atoms with Crippen LogP contribution >= 0.6 is 0 Å². The highest BCUT2D eigenvalue weighted by molar-refractivity contribution is 5.81. The largest absolute Gasteiger partial charge is 0.463 e. The first-order valence-electron chi connectivity index (χ1n) is 7.21. The molecule has 0 aliphatic rings. The van der Waals surface area contributed by atoms with E-state index in [1.54, 1.807) is 6.92 Å². The summed E-state index contributed by atoms with van der Waals surface area (Å²) in [5.74, 6) is -0.803. The van der Waals surface area contributed by atoms with Crippen LogP contribution in [0.25, 0.3) is 0 Å². The fraction of sp³-hybridized carbons (Fsp3) is 0.625. The van der Waals surface area contributed by atoms with Crippen molar-refractivity contribution in [1.82, 2.24) is 0 Å². The molecule has 0 aliphatic carbocycles.